The summed E-state index contributed by atoms with van der Waals surface area (Å²) in [6.07, 6.45) is 0. The summed E-state index contributed by atoms with van der Waals surface area (Å²) >= 11 is 11.6. The molecule has 0 bridgehead atoms. The molecule has 10 nitrogen and oxygen atoms in total. The van der Waals surface area contributed by atoms with E-state index >= 15 is 0 Å². The van der Waals surface area contributed by atoms with Gasteiger partial charge in [-0.3, -0.25) is 29.8 Å². The second-order valence-electron chi connectivity index (χ2n) is 7.46. The van der Waals surface area contributed by atoms with Crippen molar-refractivity contribution in [2.75, 3.05) is 10.6 Å². The van der Waals surface area contributed by atoms with Gasteiger partial charge in [-0.1, -0.05) is 47.5 Å². The lowest BCUT2D eigenvalue weighted by Gasteiger charge is -2.13. The Hall–Kier alpha value is -4.54. The first-order chi connectivity index (χ1) is 17.2. The van der Waals surface area contributed by atoms with Crippen molar-refractivity contribution >= 4 is 68.5 Å². The highest BCUT2D eigenvalue weighted by Gasteiger charge is 2.19. The number of benzene rings is 4. The summed E-state index contributed by atoms with van der Waals surface area (Å²) in [5.74, 6) is -1.18. The van der Waals surface area contributed by atoms with Gasteiger partial charge in [-0.15, -0.1) is 0 Å². The van der Waals surface area contributed by atoms with E-state index < -0.39 is 33.0 Å². The summed E-state index contributed by atoms with van der Waals surface area (Å²) in [6.45, 7) is 0. The van der Waals surface area contributed by atoms with Crippen molar-refractivity contribution in [2.24, 2.45) is 0 Å². The molecule has 0 spiro atoms. The smallest absolute Gasteiger partial charge is 0.288 e. The number of amides is 2. The van der Waals surface area contributed by atoms with Crippen LogP contribution in [0.4, 0.5) is 22.7 Å². The zero-order valence-corrected chi connectivity index (χ0v) is 19.5. The molecule has 12 heteroatoms. The first-order valence-electron chi connectivity index (χ1n) is 10.2. The first kappa shape index (κ1) is 24.6. The van der Waals surface area contributed by atoms with Crippen molar-refractivity contribution in [2.45, 2.75) is 0 Å². The molecule has 0 aliphatic carbocycles. The number of halogens is 2. The summed E-state index contributed by atoms with van der Waals surface area (Å²) < 4.78 is 0. The van der Waals surface area contributed by atoms with E-state index in [9.17, 15) is 29.8 Å². The maximum Gasteiger partial charge on any atom is 0.288 e. The molecular formula is C24H14Cl2N4O6. The summed E-state index contributed by atoms with van der Waals surface area (Å²) in [7, 11) is 0. The number of fused-ring (bicyclic) bond motifs is 1. The number of nitro groups is 2. The van der Waals surface area contributed by atoms with E-state index in [0.717, 1.165) is 12.1 Å². The molecule has 0 aliphatic rings. The molecule has 2 amide bonds. The third kappa shape index (κ3) is 4.95. The van der Waals surface area contributed by atoms with Crippen molar-refractivity contribution in [3.63, 3.8) is 0 Å². The highest BCUT2D eigenvalue weighted by Crippen LogP contribution is 2.31. The van der Waals surface area contributed by atoms with Crippen LogP contribution in [0.3, 0.4) is 0 Å². The SMILES string of the molecule is O=C(Nc1cccc2c(NC(=O)c3ccc(Cl)c([N+](=O)[O-])c3)cccc12)c1ccc(Cl)c([N+](=O)[O-])c1. The molecule has 0 heterocycles. The summed E-state index contributed by atoms with van der Waals surface area (Å²) in [5, 5.41) is 28.7. The van der Waals surface area contributed by atoms with E-state index in [1.807, 2.05) is 0 Å². The van der Waals surface area contributed by atoms with Crippen molar-refractivity contribution in [3.05, 3.63) is 114 Å². The van der Waals surface area contributed by atoms with E-state index in [0.29, 0.717) is 22.1 Å². The number of hydrogen-bond donors (Lipinski definition) is 2. The largest absolute Gasteiger partial charge is 0.321 e. The summed E-state index contributed by atoms with van der Waals surface area (Å²) in [6, 6.07) is 17.5. The molecule has 0 saturated heterocycles. The van der Waals surface area contributed by atoms with Crippen LogP contribution in [0.1, 0.15) is 20.7 Å². The number of anilines is 2. The molecule has 0 aromatic heterocycles. The molecule has 0 radical (unpaired) electrons. The average Bonchev–Trinajstić information content (AvgIpc) is 2.84. The molecule has 0 fully saturated rings. The van der Waals surface area contributed by atoms with Gasteiger partial charge in [-0.05, 0) is 36.4 Å². The van der Waals surface area contributed by atoms with Gasteiger partial charge in [-0.2, -0.15) is 0 Å². The number of nitro benzene ring substituents is 2. The van der Waals surface area contributed by atoms with Crippen molar-refractivity contribution in [1.29, 1.82) is 0 Å². The predicted octanol–water partition coefficient (Wildman–Crippen LogP) is 6.47. The van der Waals surface area contributed by atoms with Crippen LogP contribution in [0.5, 0.6) is 0 Å². The number of nitrogens with zero attached hydrogens (tertiary/aromatic N) is 2. The number of nitrogens with one attached hydrogen (secondary N) is 2. The monoisotopic (exact) mass is 524 g/mol. The van der Waals surface area contributed by atoms with Crippen LogP contribution in [0.25, 0.3) is 10.8 Å². The van der Waals surface area contributed by atoms with Crippen LogP contribution in [0, 0.1) is 20.2 Å². The average molecular weight is 525 g/mol. The maximum absolute atomic E-state index is 12.8. The molecule has 0 saturated carbocycles. The summed E-state index contributed by atoms with van der Waals surface area (Å²) in [4.78, 5) is 46.5. The van der Waals surface area contributed by atoms with Crippen LogP contribution in [-0.2, 0) is 0 Å². The molecule has 0 unspecified atom stereocenters. The summed E-state index contributed by atoms with van der Waals surface area (Å²) in [5.41, 5.74) is 0.0831. The molecular weight excluding hydrogens is 511 g/mol. The Labute approximate surface area is 212 Å². The van der Waals surface area contributed by atoms with E-state index in [2.05, 4.69) is 10.6 Å². The van der Waals surface area contributed by atoms with Gasteiger partial charge in [0.1, 0.15) is 10.0 Å². The zero-order valence-electron chi connectivity index (χ0n) is 18.0. The third-order valence-corrected chi connectivity index (χ3v) is 5.87. The lowest BCUT2D eigenvalue weighted by molar-refractivity contribution is -0.384. The quantitative estimate of drug-likeness (QED) is 0.218. The van der Waals surface area contributed by atoms with Crippen LogP contribution >= 0.6 is 23.2 Å². The van der Waals surface area contributed by atoms with E-state index in [-0.39, 0.29) is 21.2 Å². The first-order valence-corrected chi connectivity index (χ1v) is 10.9. The van der Waals surface area contributed by atoms with Gasteiger partial charge in [0.25, 0.3) is 23.2 Å². The molecule has 36 heavy (non-hydrogen) atoms. The van der Waals surface area contributed by atoms with Crippen molar-refractivity contribution in [1.82, 2.24) is 0 Å². The highest BCUT2D eigenvalue weighted by molar-refractivity contribution is 6.33. The second kappa shape index (κ2) is 9.98. The highest BCUT2D eigenvalue weighted by atomic mass is 35.5. The third-order valence-electron chi connectivity index (χ3n) is 5.23. The Balaban J connectivity index is 1.64. The molecule has 4 aromatic carbocycles. The van der Waals surface area contributed by atoms with Gasteiger partial charge in [-0.25, -0.2) is 0 Å². The molecule has 2 N–H and O–H groups in total. The number of carbonyl (C=O) groups is 2. The van der Waals surface area contributed by atoms with Gasteiger partial charge in [0.05, 0.1) is 9.85 Å². The van der Waals surface area contributed by atoms with Gasteiger partial charge >= 0.3 is 0 Å². The Morgan fingerprint density at radius 2 is 1.03 bits per heavy atom. The molecule has 0 atom stereocenters. The van der Waals surface area contributed by atoms with Gasteiger partial charge < -0.3 is 10.6 Å². The fourth-order valence-corrected chi connectivity index (χ4v) is 3.88. The van der Waals surface area contributed by atoms with Crippen LogP contribution in [0.15, 0.2) is 72.8 Å². The minimum Gasteiger partial charge on any atom is -0.321 e. The Morgan fingerprint density at radius 3 is 1.39 bits per heavy atom. The molecule has 180 valence electrons. The maximum atomic E-state index is 12.8. The lowest BCUT2D eigenvalue weighted by Crippen LogP contribution is -2.14. The number of rotatable bonds is 6. The normalized spacial score (nSPS) is 10.6. The lowest BCUT2D eigenvalue weighted by atomic mass is 10.1. The van der Waals surface area contributed by atoms with E-state index in [4.69, 9.17) is 23.2 Å². The van der Waals surface area contributed by atoms with E-state index in [1.165, 1.54) is 24.3 Å². The fourth-order valence-electron chi connectivity index (χ4n) is 3.50. The van der Waals surface area contributed by atoms with Crippen LogP contribution in [0.2, 0.25) is 10.0 Å². The van der Waals surface area contributed by atoms with Crippen molar-refractivity contribution in [3.8, 4) is 0 Å². The van der Waals surface area contributed by atoms with E-state index in [1.54, 1.807) is 36.4 Å². The predicted molar refractivity (Wildman–Crippen MR) is 136 cm³/mol. The van der Waals surface area contributed by atoms with Gasteiger partial charge in [0.2, 0.25) is 0 Å². The topological polar surface area (TPSA) is 144 Å². The number of hydrogen-bond acceptors (Lipinski definition) is 6. The molecule has 0 aliphatic heterocycles. The minimum atomic E-state index is -0.679. The Kier molecular flexibility index (Phi) is 6.82. The zero-order chi connectivity index (χ0) is 26.0. The fraction of sp³-hybridized carbons (Fsp3) is 0. The molecule has 4 rings (SSSR count). The Bertz CT molecular complexity index is 1460. The molecule has 4 aromatic rings. The van der Waals surface area contributed by atoms with Crippen LogP contribution < -0.4 is 10.6 Å². The minimum absolute atomic E-state index is 0.0388. The number of carbonyl (C=O) groups excluding carboxylic acids is 2. The Morgan fingerprint density at radius 1 is 0.639 bits per heavy atom. The van der Waals surface area contributed by atoms with Gasteiger partial charge in [0.15, 0.2) is 0 Å². The van der Waals surface area contributed by atoms with Gasteiger partial charge in [0, 0.05) is 45.4 Å². The van der Waals surface area contributed by atoms with Crippen LogP contribution in [-0.4, -0.2) is 21.7 Å². The van der Waals surface area contributed by atoms with Crippen molar-refractivity contribution < 1.29 is 19.4 Å². The standard InChI is InChI=1S/C24H14Cl2N4O6/c25-17-9-7-13(11-21(17)29(33)34)23(31)27-19-5-1-3-15-16(19)4-2-6-20(15)28-24(32)14-8-10-18(26)22(12-14)30(35)36/h1-12H,(H,27,31)(H,28,32). The second-order valence-corrected chi connectivity index (χ2v) is 8.28.